The third-order valence-corrected chi connectivity index (χ3v) is 4.16. The van der Waals surface area contributed by atoms with Crippen molar-refractivity contribution in [2.24, 2.45) is 0 Å². The predicted octanol–water partition coefficient (Wildman–Crippen LogP) is 3.55. The van der Waals surface area contributed by atoms with Crippen LogP contribution in [0.1, 0.15) is 17.0 Å². The molecule has 0 aliphatic carbocycles. The van der Waals surface area contributed by atoms with Crippen LogP contribution in [0.4, 0.5) is 18.3 Å². The van der Waals surface area contributed by atoms with Crippen LogP contribution in [0.15, 0.2) is 41.0 Å². The zero-order valence-electron chi connectivity index (χ0n) is 13.5. The molecule has 142 valence electrons. The summed E-state index contributed by atoms with van der Waals surface area (Å²) in [5.41, 5.74) is 0.427. The largest absolute Gasteiger partial charge is 0.573 e. The molecule has 0 atom stereocenters. The van der Waals surface area contributed by atoms with Gasteiger partial charge in [0.25, 0.3) is 5.91 Å². The molecule has 0 saturated carbocycles. The van der Waals surface area contributed by atoms with E-state index < -0.39 is 18.2 Å². The second kappa shape index (κ2) is 7.66. The Balaban J connectivity index is 1.54. The molecule has 2 heterocycles. The summed E-state index contributed by atoms with van der Waals surface area (Å²) in [6.07, 6.45) is -3.43. The van der Waals surface area contributed by atoms with Crippen LogP contribution >= 0.6 is 11.3 Å². The van der Waals surface area contributed by atoms with Crippen molar-refractivity contribution in [1.82, 2.24) is 10.3 Å². The number of rotatable bonds is 6. The second-order valence-corrected chi connectivity index (χ2v) is 6.26. The first kappa shape index (κ1) is 18.7. The van der Waals surface area contributed by atoms with E-state index >= 15 is 0 Å². The zero-order valence-corrected chi connectivity index (χ0v) is 14.3. The minimum atomic E-state index is -4.78. The number of fused-ring (bicyclic) bond motifs is 1. The maximum atomic E-state index is 12.3. The lowest BCUT2D eigenvalue weighted by molar-refractivity contribution is -0.274. The average molecular weight is 399 g/mol. The van der Waals surface area contributed by atoms with Gasteiger partial charge in [0.1, 0.15) is 5.75 Å². The fraction of sp³-hybridized carbons (Fsp3) is 0.188. The third-order valence-electron chi connectivity index (χ3n) is 3.22. The van der Waals surface area contributed by atoms with Gasteiger partial charge in [-0.3, -0.25) is 9.59 Å². The molecule has 7 nitrogen and oxygen atoms in total. The summed E-state index contributed by atoms with van der Waals surface area (Å²) in [4.78, 5) is 27.7. The number of aromatic nitrogens is 1. The topological polar surface area (TPSA) is 93.5 Å². The number of carbonyl (C=O) groups is 2. The van der Waals surface area contributed by atoms with Crippen molar-refractivity contribution in [1.29, 1.82) is 0 Å². The molecule has 0 bridgehead atoms. The van der Waals surface area contributed by atoms with Gasteiger partial charge in [-0.25, -0.2) is 4.98 Å². The van der Waals surface area contributed by atoms with Crippen LogP contribution in [0, 0.1) is 0 Å². The van der Waals surface area contributed by atoms with E-state index in [1.165, 1.54) is 24.5 Å². The van der Waals surface area contributed by atoms with Crippen LogP contribution in [0.3, 0.4) is 0 Å². The van der Waals surface area contributed by atoms with Gasteiger partial charge in [-0.1, -0.05) is 11.3 Å². The van der Waals surface area contributed by atoms with E-state index in [1.807, 2.05) is 0 Å². The van der Waals surface area contributed by atoms with E-state index in [0.29, 0.717) is 10.2 Å². The molecule has 2 amide bonds. The molecule has 2 aromatic heterocycles. The number of furan rings is 1. The quantitative estimate of drug-likeness (QED) is 0.661. The van der Waals surface area contributed by atoms with Gasteiger partial charge in [0.15, 0.2) is 10.9 Å². The average Bonchev–Trinajstić information content (AvgIpc) is 3.21. The molecule has 0 radical (unpaired) electrons. The molecule has 1 aromatic carbocycles. The first-order chi connectivity index (χ1) is 12.8. The normalized spacial score (nSPS) is 11.4. The number of anilines is 1. The number of hydrogen-bond acceptors (Lipinski definition) is 6. The summed E-state index contributed by atoms with van der Waals surface area (Å²) in [7, 11) is 0. The van der Waals surface area contributed by atoms with Crippen molar-refractivity contribution in [3.63, 3.8) is 0 Å². The maximum Gasteiger partial charge on any atom is 0.573 e. The summed E-state index contributed by atoms with van der Waals surface area (Å²) in [6, 6.07) is 6.77. The Morgan fingerprint density at radius 3 is 2.78 bits per heavy atom. The standard InChI is InChI=1S/C16H12F3N3O4S/c17-16(18,19)26-9-3-4-10-12(8-9)27-15(21-10)22-13(23)5-6-20-14(24)11-2-1-7-25-11/h1-4,7-8H,5-6H2,(H,20,24)(H,21,22,23). The Morgan fingerprint density at radius 1 is 1.26 bits per heavy atom. The number of benzene rings is 1. The van der Waals surface area contributed by atoms with E-state index in [-0.39, 0.29) is 29.6 Å². The predicted molar refractivity (Wildman–Crippen MR) is 90.6 cm³/mol. The Hall–Kier alpha value is -3.08. The highest BCUT2D eigenvalue weighted by Gasteiger charge is 2.31. The number of nitrogens with zero attached hydrogens (tertiary/aromatic N) is 1. The molecule has 11 heteroatoms. The third kappa shape index (κ3) is 5.20. The molecule has 27 heavy (non-hydrogen) atoms. The van der Waals surface area contributed by atoms with E-state index in [0.717, 1.165) is 17.4 Å². The zero-order chi connectivity index (χ0) is 19.4. The minimum Gasteiger partial charge on any atom is -0.459 e. The summed E-state index contributed by atoms with van der Waals surface area (Å²) in [6.45, 7) is 0.0832. The van der Waals surface area contributed by atoms with Crippen LogP contribution in [0.5, 0.6) is 5.75 Å². The smallest absolute Gasteiger partial charge is 0.459 e. The van der Waals surface area contributed by atoms with Gasteiger partial charge < -0.3 is 19.8 Å². The molecular weight excluding hydrogens is 387 g/mol. The van der Waals surface area contributed by atoms with Crippen molar-refractivity contribution in [3.8, 4) is 5.75 Å². The second-order valence-electron chi connectivity index (χ2n) is 5.23. The lowest BCUT2D eigenvalue weighted by atomic mass is 10.3. The molecule has 3 rings (SSSR count). The van der Waals surface area contributed by atoms with Gasteiger partial charge in [-0.15, -0.1) is 13.2 Å². The molecule has 2 N–H and O–H groups in total. The highest BCUT2D eigenvalue weighted by Crippen LogP contribution is 2.31. The molecule has 0 unspecified atom stereocenters. The van der Waals surface area contributed by atoms with Gasteiger partial charge in [0.2, 0.25) is 5.91 Å². The molecule has 0 aliphatic rings. The Morgan fingerprint density at radius 2 is 2.07 bits per heavy atom. The van der Waals surface area contributed by atoms with Crippen LogP contribution in [-0.2, 0) is 4.79 Å². The van der Waals surface area contributed by atoms with Gasteiger partial charge >= 0.3 is 6.36 Å². The fourth-order valence-corrected chi connectivity index (χ4v) is 3.03. The SMILES string of the molecule is O=C(CCNC(=O)c1ccco1)Nc1nc2ccc(OC(F)(F)F)cc2s1. The number of ether oxygens (including phenoxy) is 1. The number of halogens is 3. The number of carbonyl (C=O) groups excluding carboxylic acids is 2. The summed E-state index contributed by atoms with van der Waals surface area (Å²) >= 11 is 1.01. The Labute approximate surface area is 154 Å². The maximum absolute atomic E-state index is 12.3. The lowest BCUT2D eigenvalue weighted by Gasteiger charge is -2.07. The Kier molecular flexibility index (Phi) is 5.31. The van der Waals surface area contributed by atoms with Crippen LogP contribution in [-0.4, -0.2) is 29.7 Å². The first-order valence-corrected chi connectivity index (χ1v) is 8.40. The number of alkyl halides is 3. The van der Waals surface area contributed by atoms with E-state index in [1.54, 1.807) is 6.07 Å². The molecular formula is C16H12F3N3O4S. The van der Waals surface area contributed by atoms with Crippen molar-refractivity contribution in [3.05, 3.63) is 42.4 Å². The summed E-state index contributed by atoms with van der Waals surface area (Å²) in [5.74, 6) is -1.07. The molecule has 3 aromatic rings. The molecule has 0 fully saturated rings. The van der Waals surface area contributed by atoms with E-state index in [2.05, 4.69) is 20.4 Å². The van der Waals surface area contributed by atoms with Gasteiger partial charge in [0, 0.05) is 19.0 Å². The number of hydrogen-bond donors (Lipinski definition) is 2. The highest BCUT2D eigenvalue weighted by atomic mass is 32.1. The Bertz CT molecular complexity index is 954. The molecule has 0 aliphatic heterocycles. The van der Waals surface area contributed by atoms with E-state index in [9.17, 15) is 22.8 Å². The van der Waals surface area contributed by atoms with Crippen LogP contribution in [0.25, 0.3) is 10.2 Å². The lowest BCUT2D eigenvalue weighted by Crippen LogP contribution is -2.27. The van der Waals surface area contributed by atoms with Gasteiger partial charge in [0.05, 0.1) is 16.5 Å². The van der Waals surface area contributed by atoms with Gasteiger partial charge in [-0.05, 0) is 24.3 Å². The fourth-order valence-electron chi connectivity index (χ4n) is 2.12. The number of thiazole rings is 1. The van der Waals surface area contributed by atoms with Crippen molar-refractivity contribution in [2.75, 3.05) is 11.9 Å². The van der Waals surface area contributed by atoms with Gasteiger partial charge in [-0.2, -0.15) is 0 Å². The monoisotopic (exact) mass is 399 g/mol. The van der Waals surface area contributed by atoms with Crippen molar-refractivity contribution < 1.29 is 31.9 Å². The minimum absolute atomic E-state index is 0.00912. The van der Waals surface area contributed by atoms with Crippen molar-refractivity contribution in [2.45, 2.75) is 12.8 Å². The number of nitrogens with one attached hydrogen (secondary N) is 2. The first-order valence-electron chi connectivity index (χ1n) is 7.58. The highest BCUT2D eigenvalue weighted by molar-refractivity contribution is 7.22. The molecule has 0 saturated heterocycles. The summed E-state index contributed by atoms with van der Waals surface area (Å²) < 4.78 is 46.0. The van der Waals surface area contributed by atoms with Crippen molar-refractivity contribution >= 4 is 38.5 Å². The summed E-state index contributed by atoms with van der Waals surface area (Å²) in [5, 5.41) is 5.30. The van der Waals surface area contributed by atoms with E-state index in [4.69, 9.17) is 4.42 Å². The number of amides is 2. The van der Waals surface area contributed by atoms with Crippen LogP contribution in [0.2, 0.25) is 0 Å². The van der Waals surface area contributed by atoms with Crippen LogP contribution < -0.4 is 15.4 Å². The molecule has 0 spiro atoms.